The third-order valence-corrected chi connectivity index (χ3v) is 4.14. The number of carbonyl (C=O) groups excluding carboxylic acids is 2. The highest BCUT2D eigenvalue weighted by molar-refractivity contribution is 5.94. The Kier molecular flexibility index (Phi) is 6.54. The molecule has 1 fully saturated rings. The molecular weight excluding hydrogens is 369 g/mol. The molecule has 0 saturated carbocycles. The SMILES string of the molecule is O=C(OCc1ccccc1[N+](=O)[O-])C1CCN(/C=C/C(=O)C(F)(F)F)CC1. The van der Waals surface area contributed by atoms with Crippen LogP contribution in [0.2, 0.25) is 0 Å². The summed E-state index contributed by atoms with van der Waals surface area (Å²) in [6.45, 7) is 0.371. The minimum absolute atomic E-state index is 0.139. The molecule has 1 saturated heterocycles. The Morgan fingerprint density at radius 2 is 1.89 bits per heavy atom. The van der Waals surface area contributed by atoms with Crippen molar-refractivity contribution in [3.8, 4) is 0 Å². The fraction of sp³-hybridized carbons (Fsp3) is 0.412. The van der Waals surface area contributed by atoms with E-state index in [9.17, 15) is 32.9 Å². The zero-order valence-corrected chi connectivity index (χ0v) is 14.1. The smallest absolute Gasteiger partial charge is 0.454 e. The van der Waals surface area contributed by atoms with Gasteiger partial charge in [0.05, 0.1) is 16.4 Å². The minimum atomic E-state index is -4.90. The predicted molar refractivity (Wildman–Crippen MR) is 87.4 cm³/mol. The first kappa shape index (κ1) is 20.4. The molecule has 0 amide bonds. The number of halogens is 3. The number of hydrogen-bond acceptors (Lipinski definition) is 6. The number of nitro benzene ring substituents is 1. The van der Waals surface area contributed by atoms with E-state index in [4.69, 9.17) is 4.74 Å². The van der Waals surface area contributed by atoms with Gasteiger partial charge in [-0.3, -0.25) is 19.7 Å². The van der Waals surface area contributed by atoms with Gasteiger partial charge in [0.25, 0.3) is 11.5 Å². The molecule has 0 atom stereocenters. The van der Waals surface area contributed by atoms with Crippen molar-refractivity contribution in [1.82, 2.24) is 4.90 Å². The number of rotatable bonds is 6. The number of nitrogens with zero attached hydrogens (tertiary/aromatic N) is 2. The van der Waals surface area contributed by atoms with Crippen LogP contribution in [0.3, 0.4) is 0 Å². The lowest BCUT2D eigenvalue weighted by Gasteiger charge is -2.29. The van der Waals surface area contributed by atoms with Crippen LogP contribution in [0.25, 0.3) is 0 Å². The molecule has 1 aromatic rings. The molecule has 0 unspecified atom stereocenters. The number of alkyl halides is 3. The average Bonchev–Trinajstić information content (AvgIpc) is 2.63. The summed E-state index contributed by atoms with van der Waals surface area (Å²) in [5.41, 5.74) is 0.140. The molecule has 0 radical (unpaired) electrons. The van der Waals surface area contributed by atoms with Gasteiger partial charge in [-0.15, -0.1) is 0 Å². The number of ether oxygens (including phenoxy) is 1. The Morgan fingerprint density at radius 3 is 2.48 bits per heavy atom. The van der Waals surface area contributed by atoms with E-state index in [0.717, 1.165) is 6.20 Å². The van der Waals surface area contributed by atoms with Crippen molar-refractivity contribution < 1.29 is 32.4 Å². The molecule has 1 aromatic carbocycles. The molecule has 146 valence electrons. The number of allylic oxidation sites excluding steroid dienone is 1. The van der Waals surface area contributed by atoms with Crippen molar-refractivity contribution in [2.45, 2.75) is 25.6 Å². The van der Waals surface area contributed by atoms with Crippen LogP contribution in [-0.4, -0.2) is 40.8 Å². The zero-order chi connectivity index (χ0) is 20.0. The van der Waals surface area contributed by atoms with E-state index in [2.05, 4.69) is 0 Å². The lowest BCUT2D eigenvalue weighted by Crippen LogP contribution is -2.34. The molecule has 0 aliphatic carbocycles. The van der Waals surface area contributed by atoms with Gasteiger partial charge in [-0.1, -0.05) is 12.1 Å². The van der Waals surface area contributed by atoms with Gasteiger partial charge in [0.2, 0.25) is 0 Å². The maximum atomic E-state index is 12.2. The fourth-order valence-corrected chi connectivity index (χ4v) is 2.63. The van der Waals surface area contributed by atoms with Gasteiger partial charge >= 0.3 is 12.1 Å². The second-order valence-corrected chi connectivity index (χ2v) is 5.98. The van der Waals surface area contributed by atoms with Gasteiger partial charge in [0, 0.05) is 31.4 Å². The summed E-state index contributed by atoms with van der Waals surface area (Å²) in [7, 11) is 0. The summed E-state index contributed by atoms with van der Waals surface area (Å²) in [6, 6.07) is 5.92. The zero-order valence-electron chi connectivity index (χ0n) is 14.1. The van der Waals surface area contributed by atoms with Gasteiger partial charge in [0.1, 0.15) is 6.61 Å². The summed E-state index contributed by atoms with van der Waals surface area (Å²) in [5.74, 6) is -2.90. The van der Waals surface area contributed by atoms with E-state index >= 15 is 0 Å². The molecule has 27 heavy (non-hydrogen) atoms. The molecule has 0 N–H and O–H groups in total. The summed E-state index contributed by atoms with van der Waals surface area (Å²) in [4.78, 5) is 34.8. The highest BCUT2D eigenvalue weighted by Crippen LogP contribution is 2.23. The molecule has 1 aliphatic heterocycles. The summed E-state index contributed by atoms with van der Waals surface area (Å²) >= 11 is 0. The van der Waals surface area contributed by atoms with Crippen molar-refractivity contribution in [3.05, 3.63) is 52.2 Å². The summed E-state index contributed by atoms with van der Waals surface area (Å²) in [5, 5.41) is 10.9. The molecule has 0 bridgehead atoms. The lowest BCUT2D eigenvalue weighted by atomic mass is 9.97. The topological polar surface area (TPSA) is 89.8 Å². The van der Waals surface area contributed by atoms with Crippen LogP contribution in [0.4, 0.5) is 18.9 Å². The van der Waals surface area contributed by atoms with Crippen LogP contribution >= 0.6 is 0 Å². The van der Waals surface area contributed by atoms with Gasteiger partial charge in [0.15, 0.2) is 0 Å². The molecule has 10 heteroatoms. The van der Waals surface area contributed by atoms with Crippen molar-refractivity contribution in [3.63, 3.8) is 0 Å². The van der Waals surface area contributed by atoms with Gasteiger partial charge in [-0.05, 0) is 18.9 Å². The van der Waals surface area contributed by atoms with Crippen molar-refractivity contribution in [2.24, 2.45) is 5.92 Å². The summed E-state index contributed by atoms with van der Waals surface area (Å²) in [6.07, 6.45) is -2.67. The molecule has 0 aromatic heterocycles. The molecule has 1 heterocycles. The molecular formula is C17H17F3N2O5. The standard InChI is InChI=1S/C17H17F3N2O5/c18-17(19,20)15(23)7-10-21-8-5-12(6-9-21)16(24)27-11-13-3-1-2-4-14(13)22(25)26/h1-4,7,10,12H,5-6,8-9,11H2/b10-7+. The fourth-order valence-electron chi connectivity index (χ4n) is 2.63. The van der Waals surface area contributed by atoms with Gasteiger partial charge in [-0.25, -0.2) is 0 Å². The third kappa shape index (κ3) is 5.80. The second-order valence-electron chi connectivity index (χ2n) is 5.98. The van der Waals surface area contributed by atoms with Crippen LogP contribution in [0.15, 0.2) is 36.5 Å². The molecule has 0 spiro atoms. The Balaban J connectivity index is 1.83. The molecule has 2 rings (SSSR count). The molecule has 7 nitrogen and oxygen atoms in total. The first-order valence-electron chi connectivity index (χ1n) is 8.11. The highest BCUT2D eigenvalue weighted by atomic mass is 19.4. The number of ketones is 1. The Morgan fingerprint density at radius 1 is 1.26 bits per heavy atom. The normalized spacial score (nSPS) is 15.7. The Bertz CT molecular complexity index is 740. The van der Waals surface area contributed by atoms with Gasteiger partial charge in [-0.2, -0.15) is 13.2 Å². The largest absolute Gasteiger partial charge is 0.460 e. The van der Waals surface area contributed by atoms with Gasteiger partial charge < -0.3 is 9.64 Å². The minimum Gasteiger partial charge on any atom is -0.460 e. The van der Waals surface area contributed by atoms with E-state index < -0.39 is 28.8 Å². The van der Waals surface area contributed by atoms with Crippen molar-refractivity contribution >= 4 is 17.4 Å². The first-order chi connectivity index (χ1) is 12.7. The third-order valence-electron chi connectivity index (χ3n) is 4.14. The number of benzene rings is 1. The van der Waals surface area contributed by atoms with E-state index in [1.807, 2.05) is 0 Å². The second kappa shape index (κ2) is 8.65. The Hall–Kier alpha value is -2.91. The molecule has 1 aliphatic rings. The number of piperidine rings is 1. The van der Waals surface area contributed by atoms with E-state index in [0.29, 0.717) is 32.0 Å². The number of nitro groups is 1. The Labute approximate surface area is 152 Å². The van der Waals surface area contributed by atoms with E-state index in [1.54, 1.807) is 6.07 Å². The van der Waals surface area contributed by atoms with Crippen molar-refractivity contribution in [2.75, 3.05) is 13.1 Å². The first-order valence-corrected chi connectivity index (χ1v) is 8.11. The van der Waals surface area contributed by atoms with Crippen LogP contribution in [-0.2, 0) is 20.9 Å². The number of para-hydroxylation sites is 1. The van der Waals surface area contributed by atoms with Crippen LogP contribution < -0.4 is 0 Å². The number of likely N-dealkylation sites (tertiary alicyclic amines) is 1. The number of carbonyl (C=O) groups is 2. The number of esters is 1. The summed E-state index contributed by atoms with van der Waals surface area (Å²) < 4.78 is 41.6. The van der Waals surface area contributed by atoms with Crippen LogP contribution in [0.5, 0.6) is 0 Å². The lowest BCUT2D eigenvalue weighted by molar-refractivity contribution is -0.385. The average molecular weight is 386 g/mol. The van der Waals surface area contributed by atoms with E-state index in [1.165, 1.54) is 23.1 Å². The van der Waals surface area contributed by atoms with Crippen LogP contribution in [0, 0.1) is 16.0 Å². The number of hydrogen-bond donors (Lipinski definition) is 0. The van der Waals surface area contributed by atoms with Crippen LogP contribution in [0.1, 0.15) is 18.4 Å². The highest BCUT2D eigenvalue weighted by Gasteiger charge is 2.36. The van der Waals surface area contributed by atoms with E-state index in [-0.39, 0.29) is 17.9 Å². The maximum absolute atomic E-state index is 12.2. The van der Waals surface area contributed by atoms with Crippen molar-refractivity contribution in [1.29, 1.82) is 0 Å². The monoisotopic (exact) mass is 386 g/mol. The quantitative estimate of drug-likeness (QED) is 0.323. The maximum Gasteiger partial charge on any atom is 0.454 e. The predicted octanol–water partition coefficient (Wildman–Crippen LogP) is 3.00.